The Kier molecular flexibility index (Phi) is 12.8. The van der Waals surface area contributed by atoms with Crippen LogP contribution in [0.15, 0.2) is 121 Å². The number of anilines is 2. The van der Waals surface area contributed by atoms with Gasteiger partial charge in [0.2, 0.25) is 0 Å². The van der Waals surface area contributed by atoms with Gasteiger partial charge in [0.1, 0.15) is 48.0 Å². The van der Waals surface area contributed by atoms with Crippen molar-refractivity contribution in [2.45, 2.75) is 16.7 Å². The fraction of sp³-hybridized carbons (Fsp3) is 0.0667. The molecule has 0 atom stereocenters. The minimum Gasteiger partial charge on any atom is -0.744 e. The van der Waals surface area contributed by atoms with Crippen molar-refractivity contribution in [3.05, 3.63) is 96.6 Å². The molecule has 5 aromatic rings. The summed E-state index contributed by atoms with van der Waals surface area (Å²) in [5.74, 6) is -0.577. The van der Waals surface area contributed by atoms with Crippen LogP contribution in [-0.4, -0.2) is 38.2 Å². The molecule has 0 fully saturated rings. The fourth-order valence-corrected chi connectivity index (χ4v) is 5.51. The zero-order valence-electron chi connectivity index (χ0n) is 25.6. The summed E-state index contributed by atoms with van der Waals surface area (Å²) in [6, 6.07) is 23.3. The molecule has 17 heteroatoms. The Hall–Kier alpha value is -3.22. The van der Waals surface area contributed by atoms with Gasteiger partial charge < -0.3 is 24.3 Å². The van der Waals surface area contributed by atoms with Gasteiger partial charge in [0.05, 0.1) is 23.4 Å². The molecule has 2 N–H and O–H groups in total. The van der Waals surface area contributed by atoms with Crippen LogP contribution in [0.5, 0.6) is 11.5 Å². The van der Waals surface area contributed by atoms with E-state index in [0.717, 1.165) is 17.8 Å². The van der Waals surface area contributed by atoms with E-state index >= 15 is 0 Å². The molecular weight excluding hydrogens is 668 g/mol. The number of hydrogen-bond donors (Lipinski definition) is 2. The predicted molar refractivity (Wildman–Crippen MR) is 164 cm³/mol. The second-order valence-electron chi connectivity index (χ2n) is 9.61. The Morgan fingerprint density at radius 1 is 0.702 bits per heavy atom. The number of aryl methyl sites for hydroxylation is 1. The van der Waals surface area contributed by atoms with Crippen LogP contribution < -0.4 is 69.2 Å². The van der Waals surface area contributed by atoms with Gasteiger partial charge in [-0.2, -0.15) is 10.2 Å². The quantitative estimate of drug-likeness (QED) is 0.129. The number of rotatable bonds is 9. The first kappa shape index (κ1) is 38.2. The number of ether oxygens (including phenoxy) is 1. The Labute approximate surface area is 314 Å². The van der Waals surface area contributed by atoms with Crippen LogP contribution in [0.4, 0.5) is 34.1 Å². The van der Waals surface area contributed by atoms with E-state index in [0.29, 0.717) is 22.3 Å². The van der Waals surface area contributed by atoms with Crippen LogP contribution in [0.25, 0.3) is 10.8 Å². The van der Waals surface area contributed by atoms with Crippen molar-refractivity contribution >= 4 is 65.1 Å². The van der Waals surface area contributed by atoms with Gasteiger partial charge in [-0.05, 0) is 78.5 Å². The second kappa shape index (κ2) is 15.8. The zero-order chi connectivity index (χ0) is 32.4. The average Bonchev–Trinajstić information content (AvgIpc) is 2.99. The van der Waals surface area contributed by atoms with Crippen molar-refractivity contribution in [2.24, 2.45) is 20.5 Å². The number of phenolic OH excluding ortho intramolecular Hbond substituents is 1. The number of azo groups is 2. The van der Waals surface area contributed by atoms with Crippen molar-refractivity contribution in [3.8, 4) is 11.5 Å². The molecule has 0 saturated heterocycles. The standard InChI is InChI=1S/C30H25N5O8S2.2Na/c1-18-14-26(28(43-2)17-25(18)33-32-21-10-12-23(13-11-21)44(37,38)39)34-35-27-15-19-8-9-22(31-20-6-4-3-5-7-20)16-24(19)29(36)30(27)45(40,41)42;;/h3-17,31,36H,1-2H3,(H,37,38,39)(H,40,41,42);;/q;2*+1/p-2. The van der Waals surface area contributed by atoms with Gasteiger partial charge in [0.15, 0.2) is 0 Å². The van der Waals surface area contributed by atoms with E-state index in [1.807, 2.05) is 30.3 Å². The molecule has 0 aliphatic heterocycles. The van der Waals surface area contributed by atoms with E-state index < -0.39 is 35.8 Å². The molecule has 0 aromatic heterocycles. The maximum absolute atomic E-state index is 12.3. The molecule has 0 radical (unpaired) electrons. The van der Waals surface area contributed by atoms with Gasteiger partial charge in [-0.3, -0.25) is 0 Å². The van der Waals surface area contributed by atoms with E-state index in [4.69, 9.17) is 4.74 Å². The molecule has 0 aliphatic carbocycles. The monoisotopic (exact) mass is 691 g/mol. The Bertz CT molecular complexity index is 2200. The summed E-state index contributed by atoms with van der Waals surface area (Å²) in [5, 5.41) is 30.9. The summed E-state index contributed by atoms with van der Waals surface area (Å²) in [5.41, 5.74) is 2.32. The van der Waals surface area contributed by atoms with Crippen molar-refractivity contribution in [3.63, 3.8) is 0 Å². The first-order valence-corrected chi connectivity index (χ1v) is 15.8. The molecule has 0 unspecified atom stereocenters. The maximum atomic E-state index is 12.3. The molecule has 5 rings (SSSR count). The van der Waals surface area contributed by atoms with Crippen molar-refractivity contribution in [1.29, 1.82) is 0 Å². The minimum atomic E-state index is -5.19. The van der Waals surface area contributed by atoms with Crippen molar-refractivity contribution in [1.82, 2.24) is 0 Å². The summed E-state index contributed by atoms with van der Waals surface area (Å²) in [7, 11) is -8.42. The number of aromatic hydroxyl groups is 1. The second-order valence-corrected chi connectivity index (χ2v) is 12.3. The summed E-state index contributed by atoms with van der Waals surface area (Å²) < 4.78 is 75.5. The van der Waals surface area contributed by atoms with Crippen LogP contribution in [0.2, 0.25) is 0 Å². The van der Waals surface area contributed by atoms with Gasteiger partial charge in [-0.15, -0.1) is 10.2 Å². The van der Waals surface area contributed by atoms with Gasteiger partial charge in [-0.1, -0.05) is 24.3 Å². The number of nitrogens with zero attached hydrogens (tertiary/aromatic N) is 4. The van der Waals surface area contributed by atoms with Crippen molar-refractivity contribution in [2.75, 3.05) is 12.4 Å². The summed E-state index contributed by atoms with van der Waals surface area (Å²) in [4.78, 5) is -1.32. The van der Waals surface area contributed by atoms with Gasteiger partial charge in [0.25, 0.3) is 0 Å². The van der Waals surface area contributed by atoms with E-state index in [1.54, 1.807) is 19.1 Å². The fourth-order valence-electron chi connectivity index (χ4n) is 4.34. The van der Waals surface area contributed by atoms with Gasteiger partial charge in [0, 0.05) is 22.8 Å². The molecular formula is C30H23N5Na2O8S2. The predicted octanol–water partition coefficient (Wildman–Crippen LogP) is 1.25. The van der Waals surface area contributed by atoms with Crippen LogP contribution in [0, 0.1) is 6.92 Å². The van der Waals surface area contributed by atoms with Gasteiger partial charge in [-0.25, -0.2) is 16.8 Å². The van der Waals surface area contributed by atoms with Crippen LogP contribution >= 0.6 is 0 Å². The summed E-state index contributed by atoms with van der Waals surface area (Å²) in [6.45, 7) is 1.69. The first-order chi connectivity index (χ1) is 21.3. The van der Waals surface area contributed by atoms with E-state index in [1.165, 1.54) is 43.5 Å². The number of phenols is 1. The molecule has 0 heterocycles. The molecule has 230 valence electrons. The molecule has 0 saturated carbocycles. The first-order valence-electron chi connectivity index (χ1n) is 13.0. The Morgan fingerprint density at radius 2 is 1.34 bits per heavy atom. The number of methoxy groups -OCH3 is 1. The third kappa shape index (κ3) is 9.23. The molecule has 47 heavy (non-hydrogen) atoms. The SMILES string of the molecule is COc1cc(N=Nc2ccc(S(=O)(=O)[O-])cc2)c(C)cc1N=Nc1cc2ccc(Nc3ccccc3)cc2c(O)c1S(=O)(=O)[O-].[Na+].[Na+]. The number of nitrogens with one attached hydrogen (secondary N) is 1. The normalized spacial score (nSPS) is 11.7. The molecule has 13 nitrogen and oxygen atoms in total. The number of benzene rings is 5. The summed E-state index contributed by atoms with van der Waals surface area (Å²) >= 11 is 0. The zero-order valence-corrected chi connectivity index (χ0v) is 31.2. The van der Waals surface area contributed by atoms with Crippen LogP contribution in [0.3, 0.4) is 0 Å². The largest absolute Gasteiger partial charge is 1.00 e. The smallest absolute Gasteiger partial charge is 0.744 e. The molecule has 0 amide bonds. The molecule has 0 bridgehead atoms. The topological polar surface area (TPSA) is 205 Å². The minimum absolute atomic E-state index is 0. The number of para-hydroxylation sites is 1. The number of fused-ring (bicyclic) bond motifs is 1. The maximum Gasteiger partial charge on any atom is 1.00 e. The molecule has 0 aliphatic rings. The molecule has 0 spiro atoms. The van der Waals surface area contributed by atoms with Crippen LogP contribution in [0.1, 0.15) is 5.56 Å². The van der Waals surface area contributed by atoms with E-state index in [9.17, 15) is 31.0 Å². The Balaban J connectivity index is 0.00000300. The Morgan fingerprint density at radius 3 is 1.96 bits per heavy atom. The van der Waals surface area contributed by atoms with Gasteiger partial charge >= 0.3 is 59.1 Å². The van der Waals surface area contributed by atoms with E-state index in [2.05, 4.69) is 25.8 Å². The third-order valence-electron chi connectivity index (χ3n) is 6.52. The van der Waals surface area contributed by atoms with Crippen LogP contribution in [-0.2, 0) is 20.2 Å². The average molecular weight is 692 g/mol. The van der Waals surface area contributed by atoms with Crippen molar-refractivity contribution < 1.29 is 94.9 Å². The van der Waals surface area contributed by atoms with E-state index in [-0.39, 0.29) is 87.3 Å². The third-order valence-corrected chi connectivity index (χ3v) is 8.27. The number of hydrogen-bond acceptors (Lipinski definition) is 13. The molecule has 5 aromatic carbocycles. The summed E-state index contributed by atoms with van der Waals surface area (Å²) in [6.07, 6.45) is 0.